The molecule has 0 atom stereocenters. The molecule has 0 aliphatic heterocycles. The number of hydrogen-bond donors (Lipinski definition) is 1. The van der Waals surface area contributed by atoms with Gasteiger partial charge in [-0.05, 0) is 67.4 Å². The SMILES string of the molecule is C.C=C(/C=C\C(Cl)=C/C)Cc1ccc2c(c1)c(-c1cccc(Cl)c1)cc(=O)n2C.CC.CN.Cn1ccnc1. The number of rotatable bonds is 5. The molecule has 4 aromatic rings. The lowest BCUT2D eigenvalue weighted by atomic mass is 9.97. The van der Waals surface area contributed by atoms with E-state index in [2.05, 4.69) is 23.4 Å². The van der Waals surface area contributed by atoms with Gasteiger partial charge < -0.3 is 14.9 Å². The van der Waals surface area contributed by atoms with E-state index >= 15 is 0 Å². The summed E-state index contributed by atoms with van der Waals surface area (Å²) < 4.78 is 3.55. The topological polar surface area (TPSA) is 65.8 Å². The largest absolute Gasteiger partial charge is 0.341 e. The van der Waals surface area contributed by atoms with Crippen molar-refractivity contribution in [3.8, 4) is 11.1 Å². The molecule has 5 nitrogen and oxygen atoms in total. The highest BCUT2D eigenvalue weighted by molar-refractivity contribution is 6.31. The van der Waals surface area contributed by atoms with Crippen LogP contribution in [0.15, 0.2) is 107 Å². The van der Waals surface area contributed by atoms with Gasteiger partial charge in [-0.3, -0.25) is 4.79 Å². The highest BCUT2D eigenvalue weighted by Crippen LogP contribution is 2.30. The van der Waals surface area contributed by atoms with Gasteiger partial charge in [0, 0.05) is 48.0 Å². The van der Waals surface area contributed by atoms with Gasteiger partial charge in [0.15, 0.2) is 0 Å². The van der Waals surface area contributed by atoms with Crippen LogP contribution in [-0.4, -0.2) is 21.2 Å². The number of allylic oxidation sites excluding steroid dienone is 5. The van der Waals surface area contributed by atoms with Crippen LogP contribution in [0.3, 0.4) is 0 Å². The average molecular weight is 570 g/mol. The summed E-state index contributed by atoms with van der Waals surface area (Å²) in [5, 5.41) is 2.32. The number of halogens is 2. The minimum Gasteiger partial charge on any atom is -0.341 e. The van der Waals surface area contributed by atoms with Gasteiger partial charge in [-0.2, -0.15) is 0 Å². The van der Waals surface area contributed by atoms with Gasteiger partial charge in [0.05, 0.1) is 11.8 Å². The number of nitrogens with two attached hydrogens (primary N) is 1. The summed E-state index contributed by atoms with van der Waals surface area (Å²) in [6.45, 7) is 10.0. The van der Waals surface area contributed by atoms with Crippen LogP contribution >= 0.6 is 23.2 Å². The molecule has 0 radical (unpaired) electrons. The summed E-state index contributed by atoms with van der Waals surface area (Å²) in [5.41, 5.74) is 9.19. The normalized spacial score (nSPS) is 10.3. The molecule has 2 N–H and O–H groups in total. The summed E-state index contributed by atoms with van der Waals surface area (Å²) >= 11 is 12.2. The number of aromatic nitrogens is 3. The second-order valence-corrected chi connectivity index (χ2v) is 8.76. The number of aryl methyl sites for hydroxylation is 2. The highest BCUT2D eigenvalue weighted by atomic mass is 35.5. The summed E-state index contributed by atoms with van der Waals surface area (Å²) in [5.74, 6) is 0. The van der Waals surface area contributed by atoms with Crippen molar-refractivity contribution in [3.63, 3.8) is 0 Å². The minimum atomic E-state index is -0.0523. The van der Waals surface area contributed by atoms with Crippen LogP contribution in [0.25, 0.3) is 22.0 Å². The van der Waals surface area contributed by atoms with Gasteiger partial charge in [-0.1, -0.05) is 87.0 Å². The first-order chi connectivity index (χ1) is 18.3. The van der Waals surface area contributed by atoms with Crippen molar-refractivity contribution in [2.75, 3.05) is 7.05 Å². The van der Waals surface area contributed by atoms with Crippen molar-refractivity contribution in [2.45, 2.75) is 34.6 Å². The van der Waals surface area contributed by atoms with Gasteiger partial charge in [0.25, 0.3) is 5.56 Å². The molecule has 2 aromatic heterocycles. The molecule has 0 spiro atoms. The molecule has 0 aliphatic rings. The van der Waals surface area contributed by atoms with Crippen LogP contribution in [0.5, 0.6) is 0 Å². The highest BCUT2D eigenvalue weighted by Gasteiger charge is 2.10. The zero-order valence-electron chi connectivity index (χ0n) is 23.1. The molecule has 0 fully saturated rings. The van der Waals surface area contributed by atoms with E-state index in [0.717, 1.165) is 33.2 Å². The first-order valence-electron chi connectivity index (χ1n) is 12.3. The van der Waals surface area contributed by atoms with Crippen LogP contribution in [0.1, 0.15) is 33.8 Å². The number of benzene rings is 2. The quantitative estimate of drug-likeness (QED) is 0.246. The lowest BCUT2D eigenvalue weighted by Crippen LogP contribution is -2.16. The fraction of sp³-hybridized carbons (Fsp3) is 0.250. The third kappa shape index (κ3) is 11.1. The Balaban J connectivity index is 0.00000113. The number of hydrogen-bond acceptors (Lipinski definition) is 3. The predicted molar refractivity (Wildman–Crippen MR) is 173 cm³/mol. The van der Waals surface area contributed by atoms with Gasteiger partial charge in [0.1, 0.15) is 0 Å². The fourth-order valence-corrected chi connectivity index (χ4v) is 3.71. The van der Waals surface area contributed by atoms with Crippen molar-refractivity contribution in [2.24, 2.45) is 19.8 Å². The molecule has 0 unspecified atom stereocenters. The second kappa shape index (κ2) is 18.8. The van der Waals surface area contributed by atoms with Crippen molar-refractivity contribution in [1.82, 2.24) is 14.1 Å². The smallest absolute Gasteiger partial charge is 0.251 e. The Morgan fingerprint density at radius 3 is 2.31 bits per heavy atom. The summed E-state index contributed by atoms with van der Waals surface area (Å²) in [6, 6.07) is 15.3. The van der Waals surface area contributed by atoms with Gasteiger partial charge in [-0.15, -0.1) is 0 Å². The molecule has 39 heavy (non-hydrogen) atoms. The zero-order valence-corrected chi connectivity index (χ0v) is 24.6. The Morgan fingerprint density at radius 2 is 1.77 bits per heavy atom. The standard InChI is InChI=1S/C24H21Cl2NO.C4H6N2.C2H6.CH5N.CH4/c1-4-19(25)10-8-16(2)12-17-9-11-23-22(13-17)21(15-24(28)27(23)3)18-6-5-7-20(26)14-18;1-6-3-2-5-4-6;2*1-2;/h4-11,13-15H,2,12H2,1,3H3;2-4H,1H3;1-2H3;2H2,1H3;1H4/b10-8-,19-4+;;;;. The van der Waals surface area contributed by atoms with Gasteiger partial charge >= 0.3 is 0 Å². The maximum Gasteiger partial charge on any atom is 0.251 e. The second-order valence-electron chi connectivity index (χ2n) is 7.89. The van der Waals surface area contributed by atoms with Crippen LogP contribution < -0.4 is 11.3 Å². The lowest BCUT2D eigenvalue weighted by molar-refractivity contribution is 0.906. The summed E-state index contributed by atoms with van der Waals surface area (Å²) in [7, 11) is 5.22. The maximum absolute atomic E-state index is 12.4. The van der Waals surface area contributed by atoms with Crippen molar-refractivity contribution < 1.29 is 0 Å². The number of fused-ring (bicyclic) bond motifs is 1. The van der Waals surface area contributed by atoms with Crippen molar-refractivity contribution in [1.29, 1.82) is 0 Å². The van der Waals surface area contributed by atoms with Crippen molar-refractivity contribution >= 4 is 34.1 Å². The molecule has 0 saturated heterocycles. The van der Waals surface area contributed by atoms with E-state index in [0.29, 0.717) is 16.5 Å². The fourth-order valence-electron chi connectivity index (χ4n) is 3.45. The van der Waals surface area contributed by atoms with Gasteiger partial charge in [0.2, 0.25) is 0 Å². The zero-order chi connectivity index (χ0) is 28.7. The first kappa shape index (κ1) is 35.6. The van der Waals surface area contributed by atoms with E-state index in [4.69, 9.17) is 23.2 Å². The number of nitrogens with zero attached hydrogens (tertiary/aromatic N) is 3. The third-order valence-corrected chi connectivity index (χ3v) is 5.85. The first-order valence-corrected chi connectivity index (χ1v) is 13.1. The molecular weight excluding hydrogens is 527 g/mol. The Morgan fingerprint density at radius 1 is 1.08 bits per heavy atom. The molecule has 210 valence electrons. The van der Waals surface area contributed by atoms with Crippen molar-refractivity contribution in [3.05, 3.63) is 124 Å². The summed E-state index contributed by atoms with van der Waals surface area (Å²) in [6.07, 6.45) is 11.7. The minimum absolute atomic E-state index is 0. The van der Waals surface area contributed by atoms with E-state index in [1.807, 2.05) is 93.2 Å². The Hall–Kier alpha value is -3.38. The molecule has 7 heteroatoms. The molecule has 4 rings (SSSR count). The molecule has 0 bridgehead atoms. The molecule has 0 amide bonds. The predicted octanol–water partition coefficient (Wildman–Crippen LogP) is 8.31. The number of imidazole rings is 1. The van der Waals surface area contributed by atoms with Gasteiger partial charge in [-0.25, -0.2) is 4.98 Å². The Kier molecular flexibility index (Phi) is 17.2. The van der Waals surface area contributed by atoms with Crippen LogP contribution in [0.2, 0.25) is 5.02 Å². The van der Waals surface area contributed by atoms with Crippen LogP contribution in [-0.2, 0) is 20.5 Å². The van der Waals surface area contributed by atoms with Crippen LogP contribution in [0.4, 0.5) is 0 Å². The monoisotopic (exact) mass is 568 g/mol. The lowest BCUT2D eigenvalue weighted by Gasteiger charge is -2.13. The third-order valence-electron chi connectivity index (χ3n) is 5.27. The van der Waals surface area contributed by atoms with Crippen LogP contribution in [0, 0.1) is 0 Å². The van der Waals surface area contributed by atoms with E-state index in [1.54, 1.807) is 30.2 Å². The van der Waals surface area contributed by atoms with E-state index in [-0.39, 0.29) is 13.0 Å². The molecule has 2 aromatic carbocycles. The average Bonchev–Trinajstić information content (AvgIpc) is 3.42. The molecule has 0 aliphatic carbocycles. The van der Waals surface area contributed by atoms with E-state index in [9.17, 15) is 4.79 Å². The Labute approximate surface area is 243 Å². The molecular formula is C32H42Cl2N4O. The van der Waals surface area contributed by atoms with E-state index in [1.165, 1.54) is 7.05 Å². The Bertz CT molecular complexity index is 1420. The molecule has 0 saturated carbocycles. The van der Waals surface area contributed by atoms with E-state index < -0.39 is 0 Å². The number of pyridine rings is 1. The molecule has 2 heterocycles. The summed E-state index contributed by atoms with van der Waals surface area (Å²) in [4.78, 5) is 16.2. The maximum atomic E-state index is 12.4.